The highest BCUT2D eigenvalue weighted by Crippen LogP contribution is 2.44. The maximum absolute atomic E-state index is 12.8. The largest absolute Gasteiger partial charge is 0.338 e. The number of nitrogens with two attached hydrogens (primary N) is 1. The molecule has 3 nitrogen and oxygen atoms in total. The van der Waals surface area contributed by atoms with Crippen LogP contribution < -0.4 is 5.73 Å². The molecule has 1 saturated carbocycles. The van der Waals surface area contributed by atoms with Crippen molar-refractivity contribution in [2.75, 3.05) is 13.1 Å². The summed E-state index contributed by atoms with van der Waals surface area (Å²) in [7, 11) is 0. The normalized spacial score (nSPS) is 32.1. The lowest BCUT2D eigenvalue weighted by Crippen LogP contribution is -2.48. The van der Waals surface area contributed by atoms with E-state index >= 15 is 0 Å². The molecule has 1 aliphatic heterocycles. The summed E-state index contributed by atoms with van der Waals surface area (Å²) in [5.74, 6) is 0.969. The summed E-state index contributed by atoms with van der Waals surface area (Å²) in [5.41, 5.74) is 5.80. The molecule has 1 aliphatic carbocycles. The van der Waals surface area contributed by atoms with Crippen molar-refractivity contribution in [1.29, 1.82) is 0 Å². The molecule has 2 N–H and O–H groups in total. The van der Waals surface area contributed by atoms with Crippen LogP contribution in [0.4, 0.5) is 0 Å². The Morgan fingerprint density at radius 2 is 2.06 bits per heavy atom. The molecule has 2 atom stereocenters. The van der Waals surface area contributed by atoms with Crippen LogP contribution >= 0.6 is 0 Å². The van der Waals surface area contributed by atoms with Gasteiger partial charge in [0.05, 0.1) is 0 Å². The molecule has 2 aliphatic rings. The minimum atomic E-state index is -0.0442. The van der Waals surface area contributed by atoms with Gasteiger partial charge in [-0.15, -0.1) is 0 Å². The van der Waals surface area contributed by atoms with E-state index in [0.29, 0.717) is 18.4 Å². The van der Waals surface area contributed by atoms with Gasteiger partial charge in [-0.1, -0.05) is 26.7 Å². The summed E-state index contributed by atoms with van der Waals surface area (Å²) in [6.07, 6.45) is 6.73. The molecule has 2 fully saturated rings. The maximum Gasteiger partial charge on any atom is 0.229 e. The van der Waals surface area contributed by atoms with Crippen LogP contribution in [0, 0.1) is 11.3 Å². The van der Waals surface area contributed by atoms with E-state index in [0.717, 1.165) is 32.2 Å². The SMILES string of the molecule is CCC1(C(=O)N2CCC(C)C2CN)CCCC1. The Labute approximate surface area is 105 Å². The topological polar surface area (TPSA) is 46.3 Å². The second-order valence-electron chi connectivity index (χ2n) is 5.91. The van der Waals surface area contributed by atoms with Gasteiger partial charge in [-0.2, -0.15) is 0 Å². The van der Waals surface area contributed by atoms with Gasteiger partial charge in [0.25, 0.3) is 0 Å². The highest BCUT2D eigenvalue weighted by molar-refractivity contribution is 5.83. The molecule has 3 heteroatoms. The molecule has 1 amide bonds. The molecule has 2 unspecified atom stereocenters. The summed E-state index contributed by atoms with van der Waals surface area (Å²) < 4.78 is 0. The second-order valence-corrected chi connectivity index (χ2v) is 5.91. The third-order valence-electron chi connectivity index (χ3n) is 5.08. The average molecular weight is 238 g/mol. The fourth-order valence-electron chi connectivity index (χ4n) is 3.69. The van der Waals surface area contributed by atoms with Crippen LogP contribution in [0.1, 0.15) is 52.4 Å². The zero-order valence-corrected chi connectivity index (χ0v) is 11.2. The Bertz CT molecular complexity index is 284. The Morgan fingerprint density at radius 3 is 2.59 bits per heavy atom. The molecule has 0 aromatic rings. The van der Waals surface area contributed by atoms with E-state index in [4.69, 9.17) is 5.73 Å². The van der Waals surface area contributed by atoms with Gasteiger partial charge >= 0.3 is 0 Å². The molecule has 98 valence electrons. The summed E-state index contributed by atoms with van der Waals surface area (Å²) in [5, 5.41) is 0. The second kappa shape index (κ2) is 4.97. The smallest absolute Gasteiger partial charge is 0.229 e. The van der Waals surface area contributed by atoms with Crippen molar-refractivity contribution in [2.45, 2.75) is 58.4 Å². The molecule has 0 bridgehead atoms. The van der Waals surface area contributed by atoms with Crippen LogP contribution in [0.2, 0.25) is 0 Å². The van der Waals surface area contributed by atoms with E-state index < -0.39 is 0 Å². The molecule has 17 heavy (non-hydrogen) atoms. The van der Waals surface area contributed by atoms with Gasteiger partial charge in [0.1, 0.15) is 0 Å². The van der Waals surface area contributed by atoms with Gasteiger partial charge < -0.3 is 10.6 Å². The number of rotatable bonds is 3. The Balaban J connectivity index is 2.13. The van der Waals surface area contributed by atoms with Crippen molar-refractivity contribution in [3.05, 3.63) is 0 Å². The molecule has 2 rings (SSSR count). The number of likely N-dealkylation sites (tertiary alicyclic amines) is 1. The Morgan fingerprint density at radius 1 is 1.41 bits per heavy atom. The third-order valence-corrected chi connectivity index (χ3v) is 5.08. The first-order valence-electron chi connectivity index (χ1n) is 7.16. The number of hydrogen-bond acceptors (Lipinski definition) is 2. The first-order valence-corrected chi connectivity index (χ1v) is 7.16. The minimum Gasteiger partial charge on any atom is -0.338 e. The van der Waals surface area contributed by atoms with Crippen LogP contribution in [0.3, 0.4) is 0 Å². The van der Waals surface area contributed by atoms with E-state index in [1.165, 1.54) is 12.8 Å². The van der Waals surface area contributed by atoms with Crippen LogP contribution in [0.5, 0.6) is 0 Å². The highest BCUT2D eigenvalue weighted by Gasteiger charge is 2.45. The Kier molecular flexibility index (Phi) is 3.76. The van der Waals surface area contributed by atoms with Gasteiger partial charge in [0.2, 0.25) is 5.91 Å². The van der Waals surface area contributed by atoms with Gasteiger partial charge in [-0.3, -0.25) is 4.79 Å². The van der Waals surface area contributed by atoms with Gasteiger partial charge in [0.15, 0.2) is 0 Å². The van der Waals surface area contributed by atoms with Crippen molar-refractivity contribution < 1.29 is 4.79 Å². The standard InChI is InChI=1S/C14H26N2O/c1-3-14(7-4-5-8-14)13(17)16-9-6-11(2)12(16)10-15/h11-12H,3-10,15H2,1-2H3. The summed E-state index contributed by atoms with van der Waals surface area (Å²) in [6, 6.07) is 0.284. The molecule has 0 aromatic heterocycles. The third kappa shape index (κ3) is 2.10. The van der Waals surface area contributed by atoms with Crippen LogP contribution in [0.25, 0.3) is 0 Å². The predicted octanol–water partition coefficient (Wildman–Crippen LogP) is 2.15. The molecule has 0 aromatic carbocycles. The number of carbonyl (C=O) groups excluding carboxylic acids is 1. The van der Waals surface area contributed by atoms with Crippen molar-refractivity contribution in [3.63, 3.8) is 0 Å². The van der Waals surface area contributed by atoms with E-state index in [1.54, 1.807) is 0 Å². The quantitative estimate of drug-likeness (QED) is 0.819. The molecule has 0 spiro atoms. The molecule has 0 radical (unpaired) electrons. The lowest BCUT2D eigenvalue weighted by Gasteiger charge is -2.35. The van der Waals surface area contributed by atoms with Gasteiger partial charge in [-0.05, 0) is 31.6 Å². The molecular weight excluding hydrogens is 212 g/mol. The zero-order valence-electron chi connectivity index (χ0n) is 11.2. The minimum absolute atomic E-state index is 0.0442. The van der Waals surface area contributed by atoms with Crippen molar-refractivity contribution in [2.24, 2.45) is 17.1 Å². The van der Waals surface area contributed by atoms with Gasteiger partial charge in [-0.25, -0.2) is 0 Å². The van der Waals surface area contributed by atoms with Crippen LogP contribution in [-0.4, -0.2) is 29.9 Å². The number of carbonyl (C=O) groups is 1. The first kappa shape index (κ1) is 12.9. The fourth-order valence-corrected chi connectivity index (χ4v) is 3.69. The fraction of sp³-hybridized carbons (Fsp3) is 0.929. The van der Waals surface area contributed by atoms with Crippen LogP contribution in [-0.2, 0) is 4.79 Å². The molecule has 1 saturated heterocycles. The van der Waals surface area contributed by atoms with E-state index in [-0.39, 0.29) is 11.5 Å². The van der Waals surface area contributed by atoms with E-state index in [1.807, 2.05) is 0 Å². The van der Waals surface area contributed by atoms with Crippen molar-refractivity contribution >= 4 is 5.91 Å². The number of hydrogen-bond donors (Lipinski definition) is 1. The number of nitrogens with zero attached hydrogens (tertiary/aromatic N) is 1. The maximum atomic E-state index is 12.8. The first-order chi connectivity index (χ1) is 8.14. The van der Waals surface area contributed by atoms with Crippen molar-refractivity contribution in [3.8, 4) is 0 Å². The predicted molar refractivity (Wildman–Crippen MR) is 69.5 cm³/mol. The van der Waals surface area contributed by atoms with E-state index in [9.17, 15) is 4.79 Å². The zero-order chi connectivity index (χ0) is 12.5. The van der Waals surface area contributed by atoms with Crippen LogP contribution in [0.15, 0.2) is 0 Å². The molecular formula is C14H26N2O. The lowest BCUT2D eigenvalue weighted by atomic mass is 9.81. The summed E-state index contributed by atoms with van der Waals surface area (Å²) >= 11 is 0. The summed E-state index contributed by atoms with van der Waals surface area (Å²) in [6.45, 7) is 5.93. The van der Waals surface area contributed by atoms with E-state index in [2.05, 4.69) is 18.7 Å². The number of amides is 1. The summed E-state index contributed by atoms with van der Waals surface area (Å²) in [4.78, 5) is 14.9. The molecule has 1 heterocycles. The Hall–Kier alpha value is -0.570. The monoisotopic (exact) mass is 238 g/mol. The van der Waals surface area contributed by atoms with Gasteiger partial charge in [0, 0.05) is 24.5 Å². The highest BCUT2D eigenvalue weighted by atomic mass is 16.2. The lowest BCUT2D eigenvalue weighted by molar-refractivity contribution is -0.143. The average Bonchev–Trinajstić information content (AvgIpc) is 2.95. The van der Waals surface area contributed by atoms with Crippen molar-refractivity contribution in [1.82, 2.24) is 4.90 Å².